The Morgan fingerprint density at radius 1 is 1.04 bits per heavy atom. The molecule has 0 fully saturated rings. The van der Waals surface area contributed by atoms with Crippen LogP contribution in [0, 0.1) is 0 Å². The largest absolute Gasteiger partial charge is 0.464 e. The molecule has 25 heavy (non-hydrogen) atoms. The Kier molecular flexibility index (Phi) is 3.96. The van der Waals surface area contributed by atoms with Crippen LogP contribution < -0.4 is 5.32 Å². The van der Waals surface area contributed by atoms with Gasteiger partial charge in [-0.1, -0.05) is 42.5 Å². The number of aliphatic hydroxyl groups is 1. The average Bonchev–Trinajstić information content (AvgIpc) is 3.05. The maximum absolute atomic E-state index is 12.4. The Bertz CT molecular complexity index is 1070. The number of fused-ring (bicyclic) bond motifs is 3. The van der Waals surface area contributed by atoms with Crippen LogP contribution in [0.1, 0.15) is 11.1 Å². The van der Waals surface area contributed by atoms with Crippen molar-refractivity contribution in [1.82, 2.24) is 0 Å². The summed E-state index contributed by atoms with van der Waals surface area (Å²) in [5, 5.41) is 15.3. The van der Waals surface area contributed by atoms with Gasteiger partial charge in [-0.05, 0) is 34.5 Å². The number of carbonyl (C=O) groups excluding carboxylic acids is 1. The lowest BCUT2D eigenvalue weighted by Gasteiger charge is -2.06. The summed E-state index contributed by atoms with van der Waals surface area (Å²) in [5.74, 6) is -0.120. The number of benzene rings is 3. The van der Waals surface area contributed by atoms with Crippen LogP contribution in [-0.4, -0.2) is 11.0 Å². The van der Waals surface area contributed by atoms with Gasteiger partial charge < -0.3 is 14.8 Å². The molecule has 4 nitrogen and oxygen atoms in total. The second-order valence-corrected chi connectivity index (χ2v) is 6.00. The maximum Gasteiger partial charge on any atom is 0.228 e. The summed E-state index contributed by atoms with van der Waals surface area (Å²) >= 11 is 0. The number of rotatable bonds is 4. The molecule has 0 saturated heterocycles. The van der Waals surface area contributed by atoms with E-state index in [1.54, 1.807) is 18.4 Å². The summed E-state index contributed by atoms with van der Waals surface area (Å²) in [5.41, 5.74) is 3.08. The van der Waals surface area contributed by atoms with E-state index in [2.05, 4.69) is 5.32 Å². The number of amides is 1. The number of aliphatic hydroxyl groups excluding tert-OH is 1. The van der Waals surface area contributed by atoms with Gasteiger partial charge in [-0.25, -0.2) is 0 Å². The van der Waals surface area contributed by atoms with Crippen LogP contribution in [0.2, 0.25) is 0 Å². The monoisotopic (exact) mass is 331 g/mol. The van der Waals surface area contributed by atoms with Crippen molar-refractivity contribution in [2.45, 2.75) is 13.0 Å². The van der Waals surface area contributed by atoms with Crippen molar-refractivity contribution in [2.75, 3.05) is 5.32 Å². The molecule has 1 aromatic heterocycles. The zero-order chi connectivity index (χ0) is 17.2. The minimum atomic E-state index is -0.120. The summed E-state index contributed by atoms with van der Waals surface area (Å²) in [7, 11) is 0. The Labute approximate surface area is 144 Å². The van der Waals surface area contributed by atoms with Gasteiger partial charge in [-0.3, -0.25) is 4.79 Å². The van der Waals surface area contributed by atoms with Crippen molar-refractivity contribution >= 4 is 33.3 Å². The van der Waals surface area contributed by atoms with Gasteiger partial charge in [0.2, 0.25) is 5.91 Å². The molecule has 4 rings (SSSR count). The lowest BCUT2D eigenvalue weighted by Crippen LogP contribution is -2.14. The summed E-state index contributed by atoms with van der Waals surface area (Å²) < 4.78 is 5.63. The molecule has 4 heteroatoms. The third kappa shape index (κ3) is 2.99. The molecule has 1 heterocycles. The maximum atomic E-state index is 12.4. The first-order chi connectivity index (χ1) is 12.2. The van der Waals surface area contributed by atoms with Crippen LogP contribution in [0.3, 0.4) is 0 Å². The molecule has 0 aliphatic heterocycles. The zero-order valence-corrected chi connectivity index (χ0v) is 13.5. The molecule has 0 radical (unpaired) electrons. The minimum absolute atomic E-state index is 0.0535. The van der Waals surface area contributed by atoms with Gasteiger partial charge in [0.1, 0.15) is 5.58 Å². The van der Waals surface area contributed by atoms with Gasteiger partial charge in [-0.2, -0.15) is 0 Å². The molecule has 0 aliphatic rings. The predicted octanol–water partition coefficient (Wildman–Crippen LogP) is 4.26. The number of furan rings is 1. The SMILES string of the molecule is O=C(Cc1coc2ccc3ccccc3c12)Nc1cccc(CO)c1. The van der Waals surface area contributed by atoms with E-state index < -0.39 is 0 Å². The fraction of sp³-hybridized carbons (Fsp3) is 0.0952. The number of nitrogens with one attached hydrogen (secondary N) is 1. The van der Waals surface area contributed by atoms with E-state index in [9.17, 15) is 9.90 Å². The molecular formula is C21H17NO3. The lowest BCUT2D eigenvalue weighted by atomic mass is 10.0. The normalized spacial score (nSPS) is 11.1. The molecule has 4 aromatic rings. The average molecular weight is 331 g/mol. The Morgan fingerprint density at radius 2 is 1.92 bits per heavy atom. The van der Waals surface area contributed by atoms with Crippen molar-refractivity contribution in [1.29, 1.82) is 0 Å². The highest BCUT2D eigenvalue weighted by Gasteiger charge is 2.13. The quantitative estimate of drug-likeness (QED) is 0.587. The van der Waals surface area contributed by atoms with Crippen LogP contribution in [-0.2, 0) is 17.8 Å². The second-order valence-electron chi connectivity index (χ2n) is 6.00. The number of hydrogen-bond acceptors (Lipinski definition) is 3. The molecule has 0 atom stereocenters. The molecule has 0 bridgehead atoms. The number of anilines is 1. The zero-order valence-electron chi connectivity index (χ0n) is 13.5. The van der Waals surface area contributed by atoms with E-state index in [1.807, 2.05) is 48.5 Å². The second kappa shape index (κ2) is 6.42. The standard InChI is InChI=1S/C21H17NO3/c23-12-14-4-3-6-17(10-14)22-20(24)11-16-13-25-19-9-8-15-5-1-2-7-18(15)21(16)19/h1-10,13,23H,11-12H2,(H,22,24). The molecule has 0 aliphatic carbocycles. The molecule has 124 valence electrons. The smallest absolute Gasteiger partial charge is 0.228 e. The van der Waals surface area contributed by atoms with Gasteiger partial charge >= 0.3 is 0 Å². The van der Waals surface area contributed by atoms with Crippen LogP contribution in [0.25, 0.3) is 21.7 Å². The fourth-order valence-corrected chi connectivity index (χ4v) is 3.13. The Balaban J connectivity index is 1.64. The topological polar surface area (TPSA) is 62.5 Å². The Hall–Kier alpha value is -3.11. The van der Waals surface area contributed by atoms with Gasteiger partial charge in [0.15, 0.2) is 0 Å². The highest BCUT2D eigenvalue weighted by Crippen LogP contribution is 2.30. The number of carbonyl (C=O) groups is 1. The summed E-state index contributed by atoms with van der Waals surface area (Å²) in [6, 6.07) is 19.2. The van der Waals surface area contributed by atoms with Crippen LogP contribution >= 0.6 is 0 Å². The molecule has 2 N–H and O–H groups in total. The van der Waals surface area contributed by atoms with Crippen LogP contribution in [0.4, 0.5) is 5.69 Å². The summed E-state index contributed by atoms with van der Waals surface area (Å²) in [6.07, 6.45) is 1.88. The van der Waals surface area contributed by atoms with Crippen molar-refractivity contribution in [3.63, 3.8) is 0 Å². The van der Waals surface area contributed by atoms with Gasteiger partial charge in [0.25, 0.3) is 0 Å². The van der Waals surface area contributed by atoms with Crippen molar-refractivity contribution < 1.29 is 14.3 Å². The van der Waals surface area contributed by atoms with Gasteiger partial charge in [0.05, 0.1) is 19.3 Å². The summed E-state index contributed by atoms with van der Waals surface area (Å²) in [6.45, 7) is -0.0535. The van der Waals surface area contributed by atoms with E-state index in [0.29, 0.717) is 5.69 Å². The molecule has 0 saturated carbocycles. The van der Waals surface area contributed by atoms with E-state index in [0.717, 1.165) is 32.9 Å². The lowest BCUT2D eigenvalue weighted by molar-refractivity contribution is -0.115. The van der Waals surface area contributed by atoms with E-state index >= 15 is 0 Å². The van der Waals surface area contributed by atoms with E-state index in [4.69, 9.17) is 4.42 Å². The first-order valence-electron chi connectivity index (χ1n) is 8.12. The first kappa shape index (κ1) is 15.4. The molecule has 3 aromatic carbocycles. The highest BCUT2D eigenvalue weighted by atomic mass is 16.3. The molecular weight excluding hydrogens is 314 g/mol. The van der Waals surface area contributed by atoms with Crippen LogP contribution in [0.15, 0.2) is 71.3 Å². The third-order valence-corrected chi connectivity index (χ3v) is 4.28. The first-order valence-corrected chi connectivity index (χ1v) is 8.12. The number of hydrogen-bond donors (Lipinski definition) is 2. The predicted molar refractivity (Wildman–Crippen MR) is 98.4 cm³/mol. The van der Waals surface area contributed by atoms with Crippen molar-refractivity contribution in [3.05, 3.63) is 78.1 Å². The molecule has 0 spiro atoms. The van der Waals surface area contributed by atoms with E-state index in [-0.39, 0.29) is 18.9 Å². The van der Waals surface area contributed by atoms with Gasteiger partial charge in [0, 0.05) is 16.6 Å². The van der Waals surface area contributed by atoms with E-state index in [1.165, 1.54) is 0 Å². The van der Waals surface area contributed by atoms with Gasteiger partial charge in [-0.15, -0.1) is 0 Å². The summed E-state index contributed by atoms with van der Waals surface area (Å²) in [4.78, 5) is 12.4. The Morgan fingerprint density at radius 3 is 2.80 bits per heavy atom. The fourth-order valence-electron chi connectivity index (χ4n) is 3.13. The molecule has 1 amide bonds. The van der Waals surface area contributed by atoms with Crippen molar-refractivity contribution in [2.24, 2.45) is 0 Å². The minimum Gasteiger partial charge on any atom is -0.464 e. The van der Waals surface area contributed by atoms with Crippen LogP contribution in [0.5, 0.6) is 0 Å². The van der Waals surface area contributed by atoms with Crippen molar-refractivity contribution in [3.8, 4) is 0 Å². The third-order valence-electron chi connectivity index (χ3n) is 4.28. The molecule has 0 unspecified atom stereocenters. The highest BCUT2D eigenvalue weighted by molar-refractivity contribution is 6.09.